The molecule has 6 rings (SSSR count). The lowest BCUT2D eigenvalue weighted by Gasteiger charge is -2.45. The van der Waals surface area contributed by atoms with Crippen molar-refractivity contribution in [2.45, 2.75) is 43.6 Å². The van der Waals surface area contributed by atoms with Crippen LogP contribution in [0.4, 0.5) is 16.1 Å². The summed E-state index contributed by atoms with van der Waals surface area (Å²) in [6.07, 6.45) is 5.21. The monoisotopic (exact) mass is 524 g/mol. The summed E-state index contributed by atoms with van der Waals surface area (Å²) >= 11 is 6.20. The van der Waals surface area contributed by atoms with Gasteiger partial charge in [0.1, 0.15) is 5.82 Å². The highest BCUT2D eigenvalue weighted by molar-refractivity contribution is 6.30. The normalized spacial score (nSPS) is 21.6. The van der Waals surface area contributed by atoms with E-state index in [1.807, 2.05) is 18.2 Å². The topological polar surface area (TPSA) is 64.8 Å². The van der Waals surface area contributed by atoms with Crippen LogP contribution in [0.15, 0.2) is 53.1 Å². The highest BCUT2D eigenvalue weighted by atomic mass is 35.5. The number of oxazole rings is 1. The average molecular weight is 525 g/mol. The van der Waals surface area contributed by atoms with Gasteiger partial charge in [0.15, 0.2) is 5.76 Å². The van der Waals surface area contributed by atoms with E-state index >= 15 is 0 Å². The number of halogens is 2. The Bertz CT molecular complexity index is 1260. The van der Waals surface area contributed by atoms with E-state index in [-0.39, 0.29) is 17.2 Å². The van der Waals surface area contributed by atoms with Gasteiger partial charge in [0.25, 0.3) is 6.01 Å². The van der Waals surface area contributed by atoms with Crippen LogP contribution in [-0.2, 0) is 5.41 Å². The van der Waals surface area contributed by atoms with Gasteiger partial charge in [-0.3, -0.25) is 0 Å². The van der Waals surface area contributed by atoms with E-state index < -0.39 is 5.60 Å². The third kappa shape index (κ3) is 4.73. The number of piperidine rings is 2. The Morgan fingerprint density at radius 3 is 2.65 bits per heavy atom. The molecule has 3 aliphatic heterocycles. The number of rotatable bonds is 5. The number of likely N-dealkylation sites (tertiary alicyclic amines) is 1. The van der Waals surface area contributed by atoms with Gasteiger partial charge >= 0.3 is 0 Å². The van der Waals surface area contributed by atoms with Gasteiger partial charge in [-0.1, -0.05) is 36.7 Å². The minimum absolute atomic E-state index is 0.170. The van der Waals surface area contributed by atoms with Crippen molar-refractivity contribution in [3.8, 4) is 11.3 Å². The van der Waals surface area contributed by atoms with Gasteiger partial charge in [0, 0.05) is 47.9 Å². The molecule has 0 radical (unpaired) electrons. The summed E-state index contributed by atoms with van der Waals surface area (Å²) in [7, 11) is 0. The molecule has 1 unspecified atom stereocenters. The average Bonchev–Trinajstić information content (AvgIpc) is 3.52. The summed E-state index contributed by atoms with van der Waals surface area (Å²) in [4.78, 5) is 9.02. The Kier molecular flexibility index (Phi) is 6.42. The first-order chi connectivity index (χ1) is 17.8. The third-order valence-electron chi connectivity index (χ3n) is 8.94. The fourth-order valence-corrected chi connectivity index (χ4v) is 6.59. The van der Waals surface area contributed by atoms with Gasteiger partial charge in [0.2, 0.25) is 0 Å². The van der Waals surface area contributed by atoms with Crippen LogP contribution in [0.5, 0.6) is 0 Å². The first-order valence-corrected chi connectivity index (χ1v) is 13.7. The van der Waals surface area contributed by atoms with Gasteiger partial charge < -0.3 is 24.6 Å². The summed E-state index contributed by atoms with van der Waals surface area (Å²) < 4.78 is 19.5. The molecule has 3 aliphatic rings. The second-order valence-corrected chi connectivity index (χ2v) is 11.6. The molecule has 2 saturated heterocycles. The molecule has 3 aromatic rings. The zero-order valence-corrected chi connectivity index (χ0v) is 22.0. The maximum atomic E-state index is 13.6. The maximum absolute atomic E-state index is 13.6. The summed E-state index contributed by atoms with van der Waals surface area (Å²) in [6.45, 7) is 7.49. The van der Waals surface area contributed by atoms with E-state index in [1.54, 1.807) is 12.3 Å². The van der Waals surface area contributed by atoms with Gasteiger partial charge in [-0.05, 0) is 74.5 Å². The van der Waals surface area contributed by atoms with Crippen LogP contribution < -0.4 is 10.2 Å². The fraction of sp³-hybridized carbons (Fsp3) is 0.483. The van der Waals surface area contributed by atoms with Crippen LogP contribution in [0, 0.1) is 11.7 Å². The minimum atomic E-state index is -0.706. The van der Waals surface area contributed by atoms with E-state index in [0.717, 1.165) is 44.0 Å². The van der Waals surface area contributed by atoms with E-state index in [1.165, 1.54) is 23.4 Å². The number of hydrogen-bond donors (Lipinski definition) is 2. The maximum Gasteiger partial charge on any atom is 0.297 e. The first-order valence-electron chi connectivity index (χ1n) is 13.3. The van der Waals surface area contributed by atoms with Crippen LogP contribution in [0.3, 0.4) is 0 Å². The van der Waals surface area contributed by atoms with Crippen molar-refractivity contribution in [3.05, 3.63) is 65.1 Å². The van der Waals surface area contributed by atoms with Crippen molar-refractivity contribution in [3.63, 3.8) is 0 Å². The molecule has 196 valence electrons. The summed E-state index contributed by atoms with van der Waals surface area (Å²) in [5, 5.41) is 15.9. The number of anilines is 2. The molecule has 2 N–H and O–H groups in total. The molecular formula is C29H34ClFN4O2. The number of fused-ring (bicyclic) bond motifs is 2. The molecule has 37 heavy (non-hydrogen) atoms. The molecule has 0 saturated carbocycles. The molecule has 1 atom stereocenters. The standard InChI is InChI=1S/C29H34ClFN4O2/c1-20(18-34-11-7-28(8-12-34)19-33-25-16-22(30)5-6-24(25)28)29(36)9-13-35(14-10-29)27-32-17-26(37-27)21-3-2-4-23(31)15-21/h2-6,15-17,20,33,36H,7-14,18-19H2,1H3. The molecule has 2 fully saturated rings. The molecular weight excluding hydrogens is 491 g/mol. The van der Waals surface area contributed by atoms with Crippen LogP contribution in [0.2, 0.25) is 5.02 Å². The van der Waals surface area contributed by atoms with Crippen LogP contribution in [0.1, 0.15) is 38.2 Å². The molecule has 0 bridgehead atoms. The van der Waals surface area contributed by atoms with Crippen molar-refractivity contribution < 1.29 is 13.9 Å². The largest absolute Gasteiger partial charge is 0.423 e. The van der Waals surface area contributed by atoms with E-state index in [4.69, 9.17) is 16.0 Å². The lowest BCUT2D eigenvalue weighted by atomic mass is 9.73. The number of hydrogen-bond acceptors (Lipinski definition) is 6. The Hall–Kier alpha value is -2.61. The van der Waals surface area contributed by atoms with Crippen molar-refractivity contribution in [2.75, 3.05) is 49.5 Å². The fourth-order valence-electron chi connectivity index (χ4n) is 6.42. The Balaban J connectivity index is 1.03. The molecule has 1 spiro atoms. The number of aliphatic hydroxyl groups is 1. The van der Waals surface area contributed by atoms with Crippen molar-refractivity contribution >= 4 is 23.3 Å². The summed E-state index contributed by atoms with van der Waals surface area (Å²) in [6, 6.07) is 13.1. The quantitative estimate of drug-likeness (QED) is 0.455. The highest BCUT2D eigenvalue weighted by Gasteiger charge is 2.43. The molecule has 8 heteroatoms. The van der Waals surface area contributed by atoms with Gasteiger partial charge in [-0.2, -0.15) is 0 Å². The van der Waals surface area contributed by atoms with Crippen LogP contribution in [0.25, 0.3) is 11.3 Å². The summed E-state index contributed by atoms with van der Waals surface area (Å²) in [5.41, 5.74) is 2.75. The minimum Gasteiger partial charge on any atom is -0.423 e. The molecule has 6 nitrogen and oxygen atoms in total. The lowest BCUT2D eigenvalue weighted by molar-refractivity contribution is -0.0468. The molecule has 0 aliphatic carbocycles. The Morgan fingerprint density at radius 1 is 1.11 bits per heavy atom. The van der Waals surface area contributed by atoms with Gasteiger partial charge in [-0.15, -0.1) is 0 Å². The van der Waals surface area contributed by atoms with E-state index in [0.29, 0.717) is 43.3 Å². The predicted octanol–water partition coefficient (Wildman–Crippen LogP) is 5.56. The lowest BCUT2D eigenvalue weighted by Crippen LogP contribution is -2.52. The number of aromatic nitrogens is 1. The second kappa shape index (κ2) is 9.61. The number of benzene rings is 2. The van der Waals surface area contributed by atoms with E-state index in [9.17, 15) is 9.50 Å². The Labute approximate surface area is 222 Å². The SMILES string of the molecule is CC(CN1CCC2(CC1)CNc1cc(Cl)ccc12)C1(O)CCN(c2ncc(-c3cccc(F)c3)o2)CC1. The van der Waals surface area contributed by atoms with Crippen LogP contribution in [-0.4, -0.2) is 59.9 Å². The van der Waals surface area contributed by atoms with Gasteiger partial charge in [0.05, 0.1) is 11.8 Å². The van der Waals surface area contributed by atoms with Crippen molar-refractivity contribution in [1.82, 2.24) is 9.88 Å². The smallest absolute Gasteiger partial charge is 0.297 e. The zero-order valence-electron chi connectivity index (χ0n) is 21.2. The van der Waals surface area contributed by atoms with Crippen molar-refractivity contribution in [2.24, 2.45) is 5.92 Å². The second-order valence-electron chi connectivity index (χ2n) is 11.1. The molecule has 1 aromatic heterocycles. The molecule has 0 amide bonds. The van der Waals surface area contributed by atoms with E-state index in [2.05, 4.69) is 33.1 Å². The van der Waals surface area contributed by atoms with Crippen LogP contribution >= 0.6 is 11.6 Å². The molecule has 2 aromatic carbocycles. The number of nitrogens with zero attached hydrogens (tertiary/aromatic N) is 3. The van der Waals surface area contributed by atoms with Gasteiger partial charge in [-0.25, -0.2) is 9.37 Å². The highest BCUT2D eigenvalue weighted by Crippen LogP contribution is 2.45. The Morgan fingerprint density at radius 2 is 1.89 bits per heavy atom. The molecule has 4 heterocycles. The zero-order chi connectivity index (χ0) is 25.6. The van der Waals surface area contributed by atoms with Crippen molar-refractivity contribution in [1.29, 1.82) is 0 Å². The number of nitrogens with one attached hydrogen (secondary N) is 1. The predicted molar refractivity (Wildman–Crippen MR) is 145 cm³/mol. The summed E-state index contributed by atoms with van der Waals surface area (Å²) in [5.74, 6) is 0.421. The first kappa shape index (κ1) is 24.7. The third-order valence-corrected chi connectivity index (χ3v) is 9.17.